The largest absolute Gasteiger partial charge is 0.497 e. The molecule has 0 radical (unpaired) electrons. The summed E-state index contributed by atoms with van der Waals surface area (Å²) in [5.74, 6) is -0.0707. The van der Waals surface area contributed by atoms with E-state index >= 15 is 0 Å². The van der Waals surface area contributed by atoms with Crippen molar-refractivity contribution in [2.24, 2.45) is 0 Å². The van der Waals surface area contributed by atoms with E-state index < -0.39 is 11.2 Å². The zero-order chi connectivity index (χ0) is 25.7. The number of aryl methyl sites for hydroxylation is 2. The zero-order valence-electron chi connectivity index (χ0n) is 20.4. The molecule has 1 fully saturated rings. The first-order valence-electron chi connectivity index (χ1n) is 11.7. The molecule has 3 aromatic carbocycles. The topological polar surface area (TPSA) is 82.4 Å². The summed E-state index contributed by atoms with van der Waals surface area (Å²) in [6, 6.07) is 24.6. The van der Waals surface area contributed by atoms with Crippen LogP contribution < -0.4 is 15.0 Å². The third-order valence-electron chi connectivity index (χ3n) is 6.08. The molecule has 2 amide bonds. The van der Waals surface area contributed by atoms with Crippen LogP contribution in [0.15, 0.2) is 83.4 Å². The molecule has 1 atom stereocenters. The minimum Gasteiger partial charge on any atom is -0.497 e. The molecule has 0 saturated carbocycles. The summed E-state index contributed by atoms with van der Waals surface area (Å²) in [4.78, 5) is 28.4. The molecule has 1 N–H and O–H groups in total. The number of carbonyl (C=O) groups excluding carboxylic acids is 2. The molecule has 1 unspecified atom stereocenters. The molecule has 1 aliphatic rings. The second-order valence-electron chi connectivity index (χ2n) is 8.41. The van der Waals surface area contributed by atoms with E-state index in [2.05, 4.69) is 30.4 Å². The summed E-state index contributed by atoms with van der Waals surface area (Å²) in [6.07, 6.45) is 1.43. The number of amides is 2. The summed E-state index contributed by atoms with van der Waals surface area (Å²) < 4.78 is 5.25. The standard InChI is InChI=1S/C29H27N3O3S/c1-4-20-9-11-21(12-10-20)17-26-28(34)32(22-13-15-23(35-3)16-14-22)29(36-26)24(18-30)27(33)31-25-8-6-5-7-19(25)2/h5-16,26H,4,17H2,1-3H3,(H,31,33)/b29-24-. The van der Waals surface area contributed by atoms with Gasteiger partial charge >= 0.3 is 0 Å². The minimum absolute atomic E-state index is 0.101. The molecule has 6 nitrogen and oxygen atoms in total. The predicted molar refractivity (Wildman–Crippen MR) is 144 cm³/mol. The van der Waals surface area contributed by atoms with Crippen LogP contribution in [-0.4, -0.2) is 24.2 Å². The highest BCUT2D eigenvalue weighted by molar-refractivity contribution is 8.05. The molecule has 4 rings (SSSR count). The first-order chi connectivity index (χ1) is 17.4. The van der Waals surface area contributed by atoms with Gasteiger partial charge in [0.1, 0.15) is 22.4 Å². The van der Waals surface area contributed by atoms with Crippen molar-refractivity contribution in [1.82, 2.24) is 0 Å². The maximum atomic E-state index is 13.7. The Bertz CT molecular complexity index is 1340. The van der Waals surface area contributed by atoms with Crippen LogP contribution in [0.5, 0.6) is 5.75 Å². The Balaban J connectivity index is 1.72. The highest BCUT2D eigenvalue weighted by atomic mass is 32.2. The molecule has 182 valence electrons. The number of ether oxygens (including phenoxy) is 1. The number of para-hydroxylation sites is 1. The van der Waals surface area contributed by atoms with E-state index in [1.54, 1.807) is 37.4 Å². The van der Waals surface area contributed by atoms with Gasteiger partial charge in [0.05, 0.1) is 12.4 Å². The zero-order valence-corrected chi connectivity index (χ0v) is 21.3. The first-order valence-corrected chi connectivity index (χ1v) is 12.6. The van der Waals surface area contributed by atoms with Gasteiger partial charge in [-0.15, -0.1) is 0 Å². The number of thioether (sulfide) groups is 1. The van der Waals surface area contributed by atoms with Gasteiger partial charge in [-0.1, -0.05) is 61.2 Å². The van der Waals surface area contributed by atoms with E-state index in [4.69, 9.17) is 4.74 Å². The van der Waals surface area contributed by atoms with Gasteiger partial charge in [0.2, 0.25) is 5.91 Å². The Morgan fingerprint density at radius 1 is 1.06 bits per heavy atom. The fourth-order valence-electron chi connectivity index (χ4n) is 3.98. The molecule has 0 aromatic heterocycles. The van der Waals surface area contributed by atoms with E-state index in [1.165, 1.54) is 22.2 Å². The molecule has 1 aliphatic heterocycles. The van der Waals surface area contributed by atoms with Gasteiger partial charge in [-0.2, -0.15) is 5.26 Å². The Morgan fingerprint density at radius 3 is 2.33 bits per heavy atom. The fourth-order valence-corrected chi connectivity index (χ4v) is 5.28. The first kappa shape index (κ1) is 25.1. The van der Waals surface area contributed by atoms with Crippen LogP contribution in [0.25, 0.3) is 0 Å². The second-order valence-corrected chi connectivity index (χ2v) is 9.60. The van der Waals surface area contributed by atoms with Crippen molar-refractivity contribution < 1.29 is 14.3 Å². The van der Waals surface area contributed by atoms with Gasteiger partial charge in [0.25, 0.3) is 5.91 Å². The quantitative estimate of drug-likeness (QED) is 0.338. The summed E-state index contributed by atoms with van der Waals surface area (Å²) in [5.41, 5.74) is 4.22. The van der Waals surface area contributed by atoms with Crippen LogP contribution in [-0.2, 0) is 22.4 Å². The van der Waals surface area contributed by atoms with Gasteiger partial charge in [0, 0.05) is 11.4 Å². The summed E-state index contributed by atoms with van der Waals surface area (Å²) in [6.45, 7) is 3.98. The predicted octanol–water partition coefficient (Wildman–Crippen LogP) is 5.63. The Kier molecular flexibility index (Phi) is 7.77. The normalized spacial score (nSPS) is 16.4. The lowest BCUT2D eigenvalue weighted by Gasteiger charge is -2.19. The van der Waals surface area contributed by atoms with E-state index in [9.17, 15) is 14.9 Å². The highest BCUT2D eigenvalue weighted by Crippen LogP contribution is 2.42. The molecule has 0 bridgehead atoms. The molecule has 36 heavy (non-hydrogen) atoms. The molecular weight excluding hydrogens is 470 g/mol. The summed E-state index contributed by atoms with van der Waals surface area (Å²) in [5, 5.41) is 12.7. The highest BCUT2D eigenvalue weighted by Gasteiger charge is 2.40. The van der Waals surface area contributed by atoms with Crippen molar-refractivity contribution in [2.45, 2.75) is 31.9 Å². The van der Waals surface area contributed by atoms with Crippen LogP contribution in [0.4, 0.5) is 11.4 Å². The van der Waals surface area contributed by atoms with E-state index in [1.807, 2.05) is 37.3 Å². The lowest BCUT2D eigenvalue weighted by atomic mass is 10.1. The number of nitrogens with zero attached hydrogens (tertiary/aromatic N) is 2. The minimum atomic E-state index is -0.548. The van der Waals surface area contributed by atoms with E-state index in [-0.39, 0.29) is 11.5 Å². The maximum absolute atomic E-state index is 13.7. The molecule has 7 heteroatoms. The van der Waals surface area contributed by atoms with Gasteiger partial charge in [-0.25, -0.2) is 0 Å². The van der Waals surface area contributed by atoms with Crippen molar-refractivity contribution in [3.05, 3.63) is 100 Å². The van der Waals surface area contributed by atoms with Crippen LogP contribution >= 0.6 is 11.8 Å². The van der Waals surface area contributed by atoms with Crippen molar-refractivity contribution >= 4 is 35.0 Å². The molecule has 0 spiro atoms. The van der Waals surface area contributed by atoms with Gasteiger partial charge in [-0.3, -0.25) is 14.5 Å². The van der Waals surface area contributed by atoms with Gasteiger partial charge in [0.15, 0.2) is 0 Å². The molecule has 3 aromatic rings. The van der Waals surface area contributed by atoms with Gasteiger partial charge < -0.3 is 10.1 Å². The Morgan fingerprint density at radius 2 is 1.72 bits per heavy atom. The van der Waals surface area contributed by atoms with Crippen molar-refractivity contribution in [1.29, 1.82) is 5.26 Å². The van der Waals surface area contributed by atoms with Crippen LogP contribution in [0, 0.1) is 18.3 Å². The van der Waals surface area contributed by atoms with Gasteiger partial charge in [-0.05, 0) is 66.8 Å². The van der Waals surface area contributed by atoms with Crippen LogP contribution in [0.1, 0.15) is 23.6 Å². The number of benzene rings is 3. The third-order valence-corrected chi connectivity index (χ3v) is 7.34. The van der Waals surface area contributed by atoms with E-state index in [0.29, 0.717) is 28.6 Å². The summed E-state index contributed by atoms with van der Waals surface area (Å²) >= 11 is 1.25. The number of nitriles is 1. The maximum Gasteiger partial charge on any atom is 0.269 e. The lowest BCUT2D eigenvalue weighted by molar-refractivity contribution is -0.117. The monoisotopic (exact) mass is 497 g/mol. The molecule has 1 heterocycles. The van der Waals surface area contributed by atoms with Crippen LogP contribution in [0.3, 0.4) is 0 Å². The average molecular weight is 498 g/mol. The van der Waals surface area contributed by atoms with E-state index in [0.717, 1.165) is 17.5 Å². The number of anilines is 2. The Hall–Kier alpha value is -4.02. The lowest BCUT2D eigenvalue weighted by Crippen LogP contribution is -2.31. The smallest absolute Gasteiger partial charge is 0.269 e. The summed E-state index contributed by atoms with van der Waals surface area (Å²) in [7, 11) is 1.57. The van der Waals surface area contributed by atoms with Crippen molar-refractivity contribution in [3.8, 4) is 11.8 Å². The SMILES string of the molecule is CCc1ccc(CC2S/C(=C(/C#N)C(=O)Nc3ccccc3C)N(c3ccc(OC)cc3)C2=O)cc1. The number of rotatable bonds is 7. The average Bonchev–Trinajstić information content (AvgIpc) is 3.21. The molecular formula is C29H27N3O3S. The number of nitrogens with one attached hydrogen (secondary N) is 1. The number of hydrogen-bond donors (Lipinski definition) is 1. The Labute approximate surface area is 215 Å². The second kappa shape index (κ2) is 11.1. The third kappa shape index (κ3) is 5.29. The molecule has 0 aliphatic carbocycles. The van der Waals surface area contributed by atoms with Crippen LogP contribution in [0.2, 0.25) is 0 Å². The molecule has 1 saturated heterocycles. The number of hydrogen-bond acceptors (Lipinski definition) is 5. The number of carbonyl (C=O) groups is 2. The number of methoxy groups -OCH3 is 1. The fraction of sp³-hybridized carbons (Fsp3) is 0.207. The van der Waals surface area contributed by atoms with Crippen molar-refractivity contribution in [3.63, 3.8) is 0 Å². The van der Waals surface area contributed by atoms with Crippen molar-refractivity contribution in [2.75, 3.05) is 17.3 Å².